The lowest BCUT2D eigenvalue weighted by Gasteiger charge is -2.14. The van der Waals surface area contributed by atoms with Crippen molar-refractivity contribution in [2.75, 3.05) is 11.9 Å². The fraction of sp³-hybridized carbons (Fsp3) is 0.692. The molecule has 18 heavy (non-hydrogen) atoms. The first-order valence-corrected chi connectivity index (χ1v) is 6.65. The topological polar surface area (TPSA) is 59.0 Å². The van der Waals surface area contributed by atoms with Crippen LogP contribution in [0, 0.1) is 0 Å². The van der Waals surface area contributed by atoms with Gasteiger partial charge in [0.2, 0.25) is 5.91 Å². The number of carbonyl (C=O) groups is 1. The van der Waals surface area contributed by atoms with Crippen LogP contribution in [0.5, 0.6) is 0 Å². The number of carbonyl (C=O) groups excluding carboxylic acids is 1. The molecule has 1 heterocycles. The summed E-state index contributed by atoms with van der Waals surface area (Å²) in [6, 6.07) is -0.239. The predicted octanol–water partition coefficient (Wildman–Crippen LogP) is 1.70. The van der Waals surface area contributed by atoms with Gasteiger partial charge in [0.1, 0.15) is 6.04 Å². The highest BCUT2D eigenvalue weighted by atomic mass is 16.2. The van der Waals surface area contributed by atoms with E-state index in [0.717, 1.165) is 37.2 Å². The van der Waals surface area contributed by atoms with Crippen molar-refractivity contribution in [3.8, 4) is 0 Å². The van der Waals surface area contributed by atoms with E-state index in [9.17, 15) is 4.79 Å². The molecule has 0 fully saturated rings. The zero-order valence-electron chi connectivity index (χ0n) is 11.8. The van der Waals surface area contributed by atoms with E-state index in [4.69, 9.17) is 0 Å². The summed E-state index contributed by atoms with van der Waals surface area (Å²) in [6.07, 6.45) is 4.87. The number of aryl methyl sites for hydroxylation is 2. The first kappa shape index (κ1) is 14.5. The number of nitrogens with one attached hydrogen (secondary N) is 2. The molecule has 0 saturated carbocycles. The molecule has 1 aromatic rings. The second-order valence-corrected chi connectivity index (χ2v) is 4.53. The highest BCUT2D eigenvalue weighted by Crippen LogP contribution is 2.14. The summed E-state index contributed by atoms with van der Waals surface area (Å²) < 4.78 is 1.77. The maximum atomic E-state index is 11.8. The number of rotatable bonds is 7. The smallest absolute Gasteiger partial charge is 0.242 e. The monoisotopic (exact) mass is 252 g/mol. The quantitative estimate of drug-likeness (QED) is 0.726. The van der Waals surface area contributed by atoms with Gasteiger partial charge < -0.3 is 10.6 Å². The highest BCUT2D eigenvalue weighted by Gasteiger charge is 2.14. The second kappa shape index (κ2) is 7.03. The molecule has 5 heteroatoms. The maximum Gasteiger partial charge on any atom is 0.242 e. The van der Waals surface area contributed by atoms with Gasteiger partial charge in [-0.15, -0.1) is 0 Å². The fourth-order valence-corrected chi connectivity index (χ4v) is 1.76. The van der Waals surface area contributed by atoms with Crippen molar-refractivity contribution >= 4 is 11.6 Å². The Morgan fingerprint density at radius 3 is 2.83 bits per heavy atom. The van der Waals surface area contributed by atoms with Crippen molar-refractivity contribution in [2.45, 2.75) is 46.1 Å². The van der Waals surface area contributed by atoms with Crippen molar-refractivity contribution in [2.24, 2.45) is 7.05 Å². The van der Waals surface area contributed by atoms with Gasteiger partial charge >= 0.3 is 0 Å². The van der Waals surface area contributed by atoms with E-state index < -0.39 is 0 Å². The molecule has 5 nitrogen and oxygen atoms in total. The van der Waals surface area contributed by atoms with Crippen molar-refractivity contribution in [3.63, 3.8) is 0 Å². The molecule has 0 radical (unpaired) electrons. The molecule has 1 rings (SSSR count). The van der Waals surface area contributed by atoms with E-state index >= 15 is 0 Å². The van der Waals surface area contributed by atoms with Crippen molar-refractivity contribution in [1.29, 1.82) is 0 Å². The summed E-state index contributed by atoms with van der Waals surface area (Å²) in [5.41, 5.74) is 1.93. The zero-order valence-corrected chi connectivity index (χ0v) is 11.8. The maximum absolute atomic E-state index is 11.8. The van der Waals surface area contributed by atoms with Crippen LogP contribution in [0.2, 0.25) is 0 Å². The molecule has 0 aliphatic carbocycles. The Balaban J connectivity index is 2.52. The molecule has 1 aromatic heterocycles. The van der Waals surface area contributed by atoms with Crippen LogP contribution in [0.15, 0.2) is 6.20 Å². The Kier molecular flexibility index (Phi) is 5.68. The number of unbranched alkanes of at least 4 members (excludes halogenated alkanes) is 1. The predicted molar refractivity (Wildman–Crippen MR) is 73.6 cm³/mol. The lowest BCUT2D eigenvalue weighted by molar-refractivity contribution is -0.121. The molecule has 0 aliphatic rings. The molecule has 0 aliphatic heterocycles. The molecule has 0 aromatic carbocycles. The lowest BCUT2D eigenvalue weighted by atomic mass is 10.2. The molecule has 1 unspecified atom stereocenters. The minimum absolute atomic E-state index is 0.0364. The molecule has 1 amide bonds. The Labute approximate surface area is 109 Å². The standard InChI is InChI=1S/C13H24N4O/c1-5-7-8-14-13(18)10(3)15-12-9-17(4)16-11(12)6-2/h9-10,15H,5-8H2,1-4H3,(H,14,18). The van der Waals surface area contributed by atoms with Crippen LogP contribution in [0.25, 0.3) is 0 Å². The van der Waals surface area contributed by atoms with E-state index in [1.54, 1.807) is 4.68 Å². The molecule has 0 spiro atoms. The molecule has 0 bridgehead atoms. The SMILES string of the molecule is CCCCNC(=O)C(C)Nc1cn(C)nc1CC. The van der Waals surface area contributed by atoms with Gasteiger partial charge in [0.25, 0.3) is 0 Å². The van der Waals surface area contributed by atoms with Gasteiger partial charge in [0, 0.05) is 19.8 Å². The van der Waals surface area contributed by atoms with Gasteiger partial charge in [-0.05, 0) is 19.8 Å². The summed E-state index contributed by atoms with van der Waals surface area (Å²) >= 11 is 0. The second-order valence-electron chi connectivity index (χ2n) is 4.53. The molecular formula is C13H24N4O. The number of amides is 1. The average molecular weight is 252 g/mol. The van der Waals surface area contributed by atoms with Crippen LogP contribution in [0.4, 0.5) is 5.69 Å². The molecule has 102 valence electrons. The van der Waals surface area contributed by atoms with E-state index in [2.05, 4.69) is 29.6 Å². The molecule has 2 N–H and O–H groups in total. The number of hydrogen-bond acceptors (Lipinski definition) is 3. The van der Waals surface area contributed by atoms with Crippen LogP contribution >= 0.6 is 0 Å². The van der Waals surface area contributed by atoms with E-state index in [1.807, 2.05) is 20.2 Å². The van der Waals surface area contributed by atoms with Crippen molar-refractivity contribution < 1.29 is 4.79 Å². The van der Waals surface area contributed by atoms with E-state index in [0.29, 0.717) is 0 Å². The third-order valence-corrected chi connectivity index (χ3v) is 2.84. The summed E-state index contributed by atoms with van der Waals surface area (Å²) in [5.74, 6) is 0.0364. The van der Waals surface area contributed by atoms with Gasteiger partial charge in [-0.1, -0.05) is 20.3 Å². The van der Waals surface area contributed by atoms with Gasteiger partial charge in [-0.3, -0.25) is 9.48 Å². The Morgan fingerprint density at radius 2 is 2.22 bits per heavy atom. The van der Waals surface area contributed by atoms with Crippen LogP contribution in [-0.4, -0.2) is 28.3 Å². The van der Waals surface area contributed by atoms with E-state index in [-0.39, 0.29) is 11.9 Å². The minimum Gasteiger partial charge on any atom is -0.371 e. The zero-order chi connectivity index (χ0) is 13.5. The molecule has 0 saturated heterocycles. The number of aromatic nitrogens is 2. The van der Waals surface area contributed by atoms with Gasteiger partial charge in [0.05, 0.1) is 11.4 Å². The van der Waals surface area contributed by atoms with Gasteiger partial charge in [-0.2, -0.15) is 5.10 Å². The summed E-state index contributed by atoms with van der Waals surface area (Å²) in [4.78, 5) is 11.8. The summed E-state index contributed by atoms with van der Waals surface area (Å²) in [7, 11) is 1.89. The van der Waals surface area contributed by atoms with Crippen molar-refractivity contribution in [1.82, 2.24) is 15.1 Å². The Bertz CT molecular complexity index is 386. The number of nitrogens with zero attached hydrogens (tertiary/aromatic N) is 2. The summed E-state index contributed by atoms with van der Waals surface area (Å²) in [6.45, 7) is 6.78. The number of hydrogen-bond donors (Lipinski definition) is 2. The first-order valence-electron chi connectivity index (χ1n) is 6.65. The Morgan fingerprint density at radius 1 is 1.50 bits per heavy atom. The molecule has 1 atom stereocenters. The fourth-order valence-electron chi connectivity index (χ4n) is 1.76. The van der Waals surface area contributed by atoms with Crippen LogP contribution in [-0.2, 0) is 18.3 Å². The van der Waals surface area contributed by atoms with Crippen LogP contribution < -0.4 is 10.6 Å². The third-order valence-electron chi connectivity index (χ3n) is 2.84. The highest BCUT2D eigenvalue weighted by molar-refractivity contribution is 5.84. The van der Waals surface area contributed by atoms with Crippen LogP contribution in [0.3, 0.4) is 0 Å². The minimum atomic E-state index is -0.239. The van der Waals surface area contributed by atoms with Crippen molar-refractivity contribution in [3.05, 3.63) is 11.9 Å². The van der Waals surface area contributed by atoms with E-state index in [1.165, 1.54) is 0 Å². The van der Waals surface area contributed by atoms with Crippen LogP contribution in [0.1, 0.15) is 39.3 Å². The molecular weight excluding hydrogens is 228 g/mol. The Hall–Kier alpha value is -1.52. The summed E-state index contributed by atoms with van der Waals surface area (Å²) in [5, 5.41) is 10.5. The first-order chi connectivity index (χ1) is 8.58. The number of anilines is 1. The van der Waals surface area contributed by atoms with Gasteiger partial charge in [0.15, 0.2) is 0 Å². The lowest BCUT2D eigenvalue weighted by Crippen LogP contribution is -2.38. The average Bonchev–Trinajstić information content (AvgIpc) is 2.69. The third kappa shape index (κ3) is 4.05. The normalized spacial score (nSPS) is 12.2. The van der Waals surface area contributed by atoms with Gasteiger partial charge in [-0.25, -0.2) is 0 Å². The largest absolute Gasteiger partial charge is 0.371 e.